The maximum Gasteiger partial charge on any atom is 0.284 e. The molecule has 0 radical (unpaired) electrons. The number of nitrogens with one attached hydrogen (secondary N) is 2. The average Bonchev–Trinajstić information content (AvgIpc) is 3.04. The van der Waals surface area contributed by atoms with Crippen molar-refractivity contribution in [2.24, 2.45) is 0 Å². The Hall–Kier alpha value is -2.41. The number of fused-ring (bicyclic) bond motifs is 1. The summed E-state index contributed by atoms with van der Waals surface area (Å²) in [5, 5.41) is 13.1. The van der Waals surface area contributed by atoms with Gasteiger partial charge in [0.25, 0.3) is 5.91 Å². The molecule has 0 saturated carbocycles. The lowest BCUT2D eigenvalue weighted by Crippen LogP contribution is -2.16. The van der Waals surface area contributed by atoms with Crippen LogP contribution in [0.25, 0.3) is 10.1 Å². The van der Waals surface area contributed by atoms with Crippen molar-refractivity contribution in [2.75, 3.05) is 7.11 Å². The van der Waals surface area contributed by atoms with E-state index in [1.807, 2.05) is 30.3 Å². The minimum atomic E-state index is -0.478. The summed E-state index contributed by atoms with van der Waals surface area (Å²) < 4.78 is 6.24. The zero-order valence-corrected chi connectivity index (χ0v) is 14.0. The topological polar surface area (TPSA) is 70.6 Å². The zero-order chi connectivity index (χ0) is 16.9. The molecule has 0 fully saturated rings. The molecule has 6 heteroatoms. The van der Waals surface area contributed by atoms with E-state index in [-0.39, 0.29) is 0 Å². The highest BCUT2D eigenvalue weighted by Gasteiger charge is 2.09. The van der Waals surface area contributed by atoms with E-state index in [1.54, 1.807) is 18.7 Å². The highest BCUT2D eigenvalue weighted by molar-refractivity contribution is 7.20. The monoisotopic (exact) mass is 342 g/mol. The van der Waals surface area contributed by atoms with Gasteiger partial charge in [-0.05, 0) is 46.8 Å². The molecule has 1 amide bonds. The van der Waals surface area contributed by atoms with Crippen LogP contribution in [-0.2, 0) is 13.1 Å². The molecule has 3 aromatic rings. The number of ether oxygens (including phenoxy) is 1. The molecule has 24 heavy (non-hydrogen) atoms. The van der Waals surface area contributed by atoms with E-state index in [0.717, 1.165) is 40.1 Å². The van der Waals surface area contributed by atoms with Crippen molar-refractivity contribution in [1.82, 2.24) is 10.8 Å². The van der Waals surface area contributed by atoms with Gasteiger partial charge in [0.05, 0.1) is 12.0 Å². The third-order valence-electron chi connectivity index (χ3n) is 3.70. The van der Waals surface area contributed by atoms with E-state index in [4.69, 9.17) is 9.94 Å². The van der Waals surface area contributed by atoms with Gasteiger partial charge >= 0.3 is 0 Å². The molecule has 124 valence electrons. The summed E-state index contributed by atoms with van der Waals surface area (Å²) in [6.45, 7) is 1.47. The maximum atomic E-state index is 11.5. The molecule has 0 atom stereocenters. The number of amides is 1. The van der Waals surface area contributed by atoms with Crippen LogP contribution in [0.5, 0.6) is 5.75 Å². The fourth-order valence-corrected chi connectivity index (χ4v) is 3.44. The van der Waals surface area contributed by atoms with Crippen LogP contribution in [-0.4, -0.2) is 18.2 Å². The fraction of sp³-hybridized carbons (Fsp3) is 0.167. The van der Waals surface area contributed by atoms with Crippen LogP contribution in [0, 0.1) is 0 Å². The van der Waals surface area contributed by atoms with Crippen molar-refractivity contribution in [3.8, 4) is 5.75 Å². The van der Waals surface area contributed by atoms with E-state index in [0.29, 0.717) is 4.88 Å². The molecule has 3 N–H and O–H groups in total. The highest BCUT2D eigenvalue weighted by atomic mass is 32.1. The van der Waals surface area contributed by atoms with Crippen molar-refractivity contribution in [3.05, 3.63) is 64.5 Å². The van der Waals surface area contributed by atoms with Crippen molar-refractivity contribution >= 4 is 27.3 Å². The lowest BCUT2D eigenvalue weighted by molar-refractivity contribution is 0.0711. The molecular formula is C18H18N2O3S. The van der Waals surface area contributed by atoms with Crippen molar-refractivity contribution in [3.63, 3.8) is 0 Å². The Morgan fingerprint density at radius 1 is 1.12 bits per heavy atom. The summed E-state index contributed by atoms with van der Waals surface area (Å²) in [5.41, 5.74) is 3.97. The van der Waals surface area contributed by atoms with Crippen LogP contribution >= 0.6 is 11.3 Å². The molecule has 0 aliphatic carbocycles. The van der Waals surface area contributed by atoms with Crippen LogP contribution < -0.4 is 15.5 Å². The highest BCUT2D eigenvalue weighted by Crippen LogP contribution is 2.26. The van der Waals surface area contributed by atoms with Gasteiger partial charge in [0, 0.05) is 17.8 Å². The molecule has 0 bridgehead atoms. The molecule has 0 aliphatic heterocycles. The second-order valence-corrected chi connectivity index (χ2v) is 6.46. The first-order chi connectivity index (χ1) is 11.7. The molecule has 3 rings (SSSR count). The van der Waals surface area contributed by atoms with Gasteiger partial charge in [-0.15, -0.1) is 11.3 Å². The smallest absolute Gasteiger partial charge is 0.284 e. The van der Waals surface area contributed by atoms with Crippen molar-refractivity contribution < 1.29 is 14.7 Å². The Labute approximate surface area is 143 Å². The Morgan fingerprint density at radius 3 is 2.67 bits per heavy atom. The first-order valence-electron chi connectivity index (χ1n) is 7.50. The normalized spacial score (nSPS) is 10.8. The van der Waals surface area contributed by atoms with Gasteiger partial charge in [0.2, 0.25) is 0 Å². The van der Waals surface area contributed by atoms with Crippen LogP contribution in [0.1, 0.15) is 20.8 Å². The second kappa shape index (κ2) is 7.44. The summed E-state index contributed by atoms with van der Waals surface area (Å²) in [7, 11) is 1.66. The number of benzene rings is 2. The van der Waals surface area contributed by atoms with E-state index in [2.05, 4.69) is 17.4 Å². The number of rotatable bonds is 6. The van der Waals surface area contributed by atoms with Gasteiger partial charge in [-0.25, -0.2) is 5.48 Å². The lowest BCUT2D eigenvalue weighted by atomic mass is 10.1. The van der Waals surface area contributed by atoms with Gasteiger partial charge in [0.15, 0.2) is 0 Å². The number of hydrogen-bond donors (Lipinski definition) is 3. The second-order valence-electron chi connectivity index (χ2n) is 5.38. The summed E-state index contributed by atoms with van der Waals surface area (Å²) in [5.74, 6) is 0.373. The third-order valence-corrected chi connectivity index (χ3v) is 4.81. The Kier molecular flexibility index (Phi) is 5.10. The minimum absolute atomic E-state index is 0.478. The number of thiophene rings is 1. The molecule has 0 spiro atoms. The lowest BCUT2D eigenvalue weighted by Gasteiger charge is -2.07. The Balaban J connectivity index is 1.65. The quantitative estimate of drug-likeness (QED) is 0.475. The molecule has 0 saturated heterocycles. The number of hydrogen-bond acceptors (Lipinski definition) is 5. The number of methoxy groups -OCH3 is 1. The predicted molar refractivity (Wildman–Crippen MR) is 94.6 cm³/mol. The first kappa shape index (κ1) is 16.4. The number of carbonyl (C=O) groups excluding carboxylic acids is 1. The molecule has 0 unspecified atom stereocenters. The third kappa shape index (κ3) is 3.73. The summed E-state index contributed by atoms with van der Waals surface area (Å²) in [6.07, 6.45) is 0. The standard InChI is InChI=1S/C18H18N2O3S/c1-23-15-4-2-3-12(8-15)10-19-11-13-5-6-16-14(7-13)9-17(24-16)18(21)20-22/h2-9,19,22H,10-11H2,1H3,(H,20,21). The predicted octanol–water partition coefficient (Wildman–Crippen LogP) is 3.32. The number of carbonyl (C=O) groups is 1. The van der Waals surface area contributed by atoms with Crippen LogP contribution in [0.3, 0.4) is 0 Å². The van der Waals surface area contributed by atoms with Gasteiger partial charge in [-0.2, -0.15) is 0 Å². The maximum absolute atomic E-state index is 11.5. The average molecular weight is 342 g/mol. The van der Waals surface area contributed by atoms with Crippen LogP contribution in [0.4, 0.5) is 0 Å². The van der Waals surface area contributed by atoms with Crippen molar-refractivity contribution in [1.29, 1.82) is 0 Å². The van der Waals surface area contributed by atoms with Gasteiger partial charge in [-0.1, -0.05) is 18.2 Å². The molecule has 1 heterocycles. The van der Waals surface area contributed by atoms with Gasteiger partial charge in [0.1, 0.15) is 5.75 Å². The molecule has 1 aromatic heterocycles. The van der Waals surface area contributed by atoms with Crippen LogP contribution in [0.15, 0.2) is 48.5 Å². The Morgan fingerprint density at radius 2 is 1.92 bits per heavy atom. The summed E-state index contributed by atoms with van der Waals surface area (Å²) >= 11 is 1.36. The summed E-state index contributed by atoms with van der Waals surface area (Å²) in [4.78, 5) is 12.0. The van der Waals surface area contributed by atoms with Crippen molar-refractivity contribution in [2.45, 2.75) is 13.1 Å². The van der Waals surface area contributed by atoms with E-state index in [1.165, 1.54) is 11.3 Å². The molecule has 5 nitrogen and oxygen atoms in total. The Bertz CT molecular complexity index is 860. The summed E-state index contributed by atoms with van der Waals surface area (Å²) in [6, 6.07) is 15.8. The van der Waals surface area contributed by atoms with E-state index in [9.17, 15) is 4.79 Å². The largest absolute Gasteiger partial charge is 0.497 e. The van der Waals surface area contributed by atoms with Gasteiger partial charge in [-0.3, -0.25) is 10.0 Å². The molecule has 2 aromatic carbocycles. The molecular weight excluding hydrogens is 324 g/mol. The zero-order valence-electron chi connectivity index (χ0n) is 13.2. The fourth-order valence-electron chi connectivity index (χ4n) is 2.50. The van der Waals surface area contributed by atoms with Crippen LogP contribution in [0.2, 0.25) is 0 Å². The SMILES string of the molecule is COc1cccc(CNCc2ccc3sc(C(=O)NO)cc3c2)c1. The van der Waals surface area contributed by atoms with E-state index >= 15 is 0 Å². The minimum Gasteiger partial charge on any atom is -0.497 e. The van der Waals surface area contributed by atoms with Gasteiger partial charge < -0.3 is 10.1 Å². The van der Waals surface area contributed by atoms with E-state index < -0.39 is 5.91 Å². The number of hydroxylamine groups is 1. The molecule has 0 aliphatic rings. The first-order valence-corrected chi connectivity index (χ1v) is 8.32.